The smallest absolute Gasteiger partial charge is 0.255 e. The lowest BCUT2D eigenvalue weighted by Gasteiger charge is -2.27. The Bertz CT molecular complexity index is 1510. The van der Waals surface area contributed by atoms with Crippen molar-refractivity contribution in [3.63, 3.8) is 0 Å². The number of piperazine rings is 1. The van der Waals surface area contributed by atoms with Crippen molar-refractivity contribution in [1.29, 1.82) is 0 Å². The lowest BCUT2D eigenvalue weighted by molar-refractivity contribution is 0.102. The van der Waals surface area contributed by atoms with Crippen LogP contribution in [0.2, 0.25) is 0 Å². The summed E-state index contributed by atoms with van der Waals surface area (Å²) in [5.74, 6) is 1.57. The van der Waals surface area contributed by atoms with Gasteiger partial charge in [0.15, 0.2) is 5.82 Å². The molecule has 0 aliphatic carbocycles. The monoisotopic (exact) mass is 526 g/mol. The first-order valence-electron chi connectivity index (χ1n) is 13.0. The molecule has 0 bridgehead atoms. The molecule has 5 rings (SSSR count). The van der Waals surface area contributed by atoms with Gasteiger partial charge in [-0.25, -0.2) is 19.9 Å². The van der Waals surface area contributed by atoms with Crippen molar-refractivity contribution >= 4 is 40.1 Å². The van der Waals surface area contributed by atoms with Gasteiger partial charge in [0.05, 0.1) is 19.0 Å². The summed E-state index contributed by atoms with van der Waals surface area (Å²) in [4.78, 5) is 33.6. The number of aromatic nitrogens is 4. The molecule has 10 nitrogen and oxygen atoms in total. The molecule has 3 N–H and O–H groups in total. The number of fused-ring (bicyclic) bond motifs is 1. The second-order valence-electron chi connectivity index (χ2n) is 10.6. The number of methoxy groups -OCH3 is 1. The molecule has 2 aromatic heterocycles. The number of hydrogen-bond acceptors (Lipinski definition) is 9. The number of aryl methyl sites for hydroxylation is 1. The zero-order valence-corrected chi connectivity index (χ0v) is 23.0. The van der Waals surface area contributed by atoms with Crippen molar-refractivity contribution in [1.82, 2.24) is 25.3 Å². The van der Waals surface area contributed by atoms with Gasteiger partial charge in [0, 0.05) is 37.4 Å². The van der Waals surface area contributed by atoms with Crippen LogP contribution in [0.3, 0.4) is 0 Å². The number of ether oxygens (including phenoxy) is 1. The molecule has 10 heteroatoms. The molecular formula is C29H34N8O2. The van der Waals surface area contributed by atoms with Crippen molar-refractivity contribution in [3.05, 3.63) is 65.6 Å². The van der Waals surface area contributed by atoms with Gasteiger partial charge in [-0.15, -0.1) is 0 Å². The molecule has 0 spiro atoms. The number of amides is 1. The van der Waals surface area contributed by atoms with Crippen LogP contribution in [0.4, 0.5) is 23.1 Å². The number of benzene rings is 2. The van der Waals surface area contributed by atoms with E-state index in [-0.39, 0.29) is 11.3 Å². The van der Waals surface area contributed by atoms with Crippen molar-refractivity contribution in [2.45, 2.75) is 33.1 Å². The van der Waals surface area contributed by atoms with E-state index in [1.165, 1.54) is 6.33 Å². The third kappa shape index (κ3) is 5.75. The summed E-state index contributed by atoms with van der Waals surface area (Å²) in [5, 5.41) is 9.75. The summed E-state index contributed by atoms with van der Waals surface area (Å²) in [6.45, 7) is 11.8. The lowest BCUT2D eigenvalue weighted by atomic mass is 9.87. The van der Waals surface area contributed by atoms with Crippen LogP contribution in [0.1, 0.15) is 42.3 Å². The van der Waals surface area contributed by atoms with Crippen LogP contribution < -0.4 is 25.6 Å². The molecule has 0 atom stereocenters. The first kappa shape index (κ1) is 26.3. The third-order valence-corrected chi connectivity index (χ3v) is 6.83. The van der Waals surface area contributed by atoms with E-state index in [0.29, 0.717) is 39.8 Å². The van der Waals surface area contributed by atoms with Gasteiger partial charge in [-0.05, 0) is 47.7 Å². The Kier molecular flexibility index (Phi) is 7.30. The number of hydrogen-bond donors (Lipinski definition) is 3. The van der Waals surface area contributed by atoms with Crippen molar-refractivity contribution < 1.29 is 9.53 Å². The van der Waals surface area contributed by atoms with E-state index in [1.807, 2.05) is 37.3 Å². The van der Waals surface area contributed by atoms with Gasteiger partial charge >= 0.3 is 0 Å². The quantitative estimate of drug-likeness (QED) is 0.335. The van der Waals surface area contributed by atoms with Crippen molar-refractivity contribution in [2.24, 2.45) is 0 Å². The summed E-state index contributed by atoms with van der Waals surface area (Å²) < 4.78 is 5.51. The standard InChI is InChI=1S/C29H34N8O2/c1-18-6-7-19(27(38)35-22-15-20(29(2,3)4)8-9-24(22)39-5)14-21(18)34-26-25-23(32-17-33-26)16-31-28(36-25)37-12-10-30-11-13-37/h6-9,14-17,30H,10-13H2,1-5H3,(H,35,38)(H,32,33,34). The zero-order valence-electron chi connectivity index (χ0n) is 23.0. The maximum atomic E-state index is 13.3. The Hall–Kier alpha value is -4.31. The van der Waals surface area contributed by atoms with E-state index in [4.69, 9.17) is 9.72 Å². The minimum Gasteiger partial charge on any atom is -0.495 e. The second-order valence-corrected chi connectivity index (χ2v) is 10.6. The van der Waals surface area contributed by atoms with Crippen molar-refractivity contribution in [3.8, 4) is 5.75 Å². The van der Waals surface area contributed by atoms with Gasteiger partial charge in [0.25, 0.3) is 5.91 Å². The highest BCUT2D eigenvalue weighted by atomic mass is 16.5. The summed E-state index contributed by atoms with van der Waals surface area (Å²) in [6.07, 6.45) is 3.21. The maximum Gasteiger partial charge on any atom is 0.255 e. The first-order valence-corrected chi connectivity index (χ1v) is 13.0. The molecule has 1 fully saturated rings. The van der Waals surface area contributed by atoms with Crippen LogP contribution in [0, 0.1) is 6.92 Å². The highest BCUT2D eigenvalue weighted by Crippen LogP contribution is 2.32. The molecule has 39 heavy (non-hydrogen) atoms. The fraction of sp³-hybridized carbons (Fsp3) is 0.345. The van der Waals surface area contributed by atoms with Gasteiger partial charge in [-0.1, -0.05) is 32.9 Å². The molecule has 1 amide bonds. The second kappa shape index (κ2) is 10.8. The van der Waals surface area contributed by atoms with Gasteiger partial charge in [-0.3, -0.25) is 4.79 Å². The molecule has 2 aromatic carbocycles. The van der Waals surface area contributed by atoms with Crippen LogP contribution >= 0.6 is 0 Å². The Balaban J connectivity index is 1.43. The van der Waals surface area contributed by atoms with E-state index in [9.17, 15) is 4.79 Å². The summed E-state index contributed by atoms with van der Waals surface area (Å²) in [6, 6.07) is 11.4. The van der Waals surface area contributed by atoms with E-state index in [1.54, 1.807) is 19.4 Å². The highest BCUT2D eigenvalue weighted by Gasteiger charge is 2.19. The number of carbonyl (C=O) groups excluding carboxylic acids is 1. The number of anilines is 4. The molecule has 0 radical (unpaired) electrons. The molecule has 3 heterocycles. The molecule has 202 valence electrons. The zero-order chi connectivity index (χ0) is 27.6. The third-order valence-electron chi connectivity index (χ3n) is 6.83. The number of nitrogens with zero attached hydrogens (tertiary/aromatic N) is 5. The Morgan fingerprint density at radius 2 is 1.82 bits per heavy atom. The van der Waals surface area contributed by atoms with Gasteiger partial charge in [-0.2, -0.15) is 0 Å². The van der Waals surface area contributed by atoms with E-state index >= 15 is 0 Å². The van der Waals surface area contributed by atoms with E-state index in [2.05, 4.69) is 56.6 Å². The highest BCUT2D eigenvalue weighted by molar-refractivity contribution is 6.06. The predicted molar refractivity (Wildman–Crippen MR) is 154 cm³/mol. The lowest BCUT2D eigenvalue weighted by Crippen LogP contribution is -2.44. The SMILES string of the molecule is COc1ccc(C(C)(C)C)cc1NC(=O)c1ccc(C)c(Nc2ncnc3cnc(N4CCNCC4)nc23)c1. The first-order chi connectivity index (χ1) is 18.7. The molecule has 4 aromatic rings. The van der Waals surface area contributed by atoms with Crippen LogP contribution in [0.25, 0.3) is 11.0 Å². The minimum absolute atomic E-state index is 0.0681. The Morgan fingerprint density at radius 3 is 2.56 bits per heavy atom. The maximum absolute atomic E-state index is 13.3. The summed E-state index contributed by atoms with van der Waals surface area (Å²) in [5.41, 5.74) is 5.14. The number of rotatable bonds is 6. The number of nitrogens with one attached hydrogen (secondary N) is 3. The van der Waals surface area contributed by atoms with E-state index in [0.717, 1.165) is 43.0 Å². The Morgan fingerprint density at radius 1 is 1.03 bits per heavy atom. The van der Waals surface area contributed by atoms with Crippen molar-refractivity contribution in [2.75, 3.05) is 48.8 Å². The van der Waals surface area contributed by atoms with Gasteiger partial charge in [0.2, 0.25) is 5.95 Å². The normalized spacial score (nSPS) is 13.8. The Labute approximate surface area is 228 Å². The van der Waals surface area contributed by atoms with Crippen LogP contribution in [-0.4, -0.2) is 59.1 Å². The van der Waals surface area contributed by atoms with Crippen LogP contribution in [0.15, 0.2) is 48.9 Å². The fourth-order valence-electron chi connectivity index (χ4n) is 4.45. The minimum atomic E-state index is -0.238. The average molecular weight is 527 g/mol. The fourth-order valence-corrected chi connectivity index (χ4v) is 4.45. The van der Waals surface area contributed by atoms with Gasteiger partial charge < -0.3 is 25.6 Å². The molecule has 1 saturated heterocycles. The predicted octanol–water partition coefficient (Wildman–Crippen LogP) is 4.44. The average Bonchev–Trinajstić information content (AvgIpc) is 2.94. The van der Waals surface area contributed by atoms with Crippen LogP contribution in [-0.2, 0) is 5.41 Å². The molecular weight excluding hydrogens is 492 g/mol. The summed E-state index contributed by atoms with van der Waals surface area (Å²) in [7, 11) is 1.60. The molecule has 1 aliphatic rings. The summed E-state index contributed by atoms with van der Waals surface area (Å²) >= 11 is 0. The van der Waals surface area contributed by atoms with E-state index < -0.39 is 0 Å². The van der Waals surface area contributed by atoms with Gasteiger partial charge in [0.1, 0.15) is 23.1 Å². The molecule has 0 saturated carbocycles. The van der Waals surface area contributed by atoms with Crippen LogP contribution in [0.5, 0.6) is 5.75 Å². The molecule has 0 unspecified atom stereocenters. The topological polar surface area (TPSA) is 117 Å². The number of carbonyl (C=O) groups is 1. The largest absolute Gasteiger partial charge is 0.495 e. The molecule has 1 aliphatic heterocycles.